The second-order valence-electron chi connectivity index (χ2n) is 4.64. The molecule has 2 rings (SSSR count). The summed E-state index contributed by atoms with van der Waals surface area (Å²) in [5.41, 5.74) is 0.645. The number of carbonyl (C=O) groups is 1. The Morgan fingerprint density at radius 1 is 1.58 bits per heavy atom. The largest absolute Gasteiger partial charge is 0.376 e. The molecule has 1 aromatic rings. The highest BCUT2D eigenvalue weighted by Crippen LogP contribution is 2.22. The van der Waals surface area contributed by atoms with E-state index in [2.05, 4.69) is 28.6 Å². The SMILES string of the molecule is CCN(CC1CCCO1)C(=O)c1ccc(Br)cc1S. The normalized spacial score (nSPS) is 18.6. The zero-order valence-corrected chi connectivity index (χ0v) is 13.4. The molecule has 0 radical (unpaired) electrons. The number of rotatable bonds is 4. The molecule has 5 heteroatoms. The van der Waals surface area contributed by atoms with Crippen LogP contribution in [0.2, 0.25) is 0 Å². The Balaban J connectivity index is 2.10. The fourth-order valence-corrected chi connectivity index (χ4v) is 3.09. The van der Waals surface area contributed by atoms with E-state index in [0.717, 1.165) is 23.9 Å². The highest BCUT2D eigenvalue weighted by molar-refractivity contribution is 9.10. The number of ether oxygens (including phenoxy) is 1. The van der Waals surface area contributed by atoms with Gasteiger partial charge in [-0.1, -0.05) is 15.9 Å². The van der Waals surface area contributed by atoms with Crippen LogP contribution in [0.1, 0.15) is 30.1 Å². The van der Waals surface area contributed by atoms with Gasteiger partial charge in [-0.2, -0.15) is 0 Å². The average molecular weight is 344 g/mol. The van der Waals surface area contributed by atoms with Gasteiger partial charge in [0.05, 0.1) is 11.7 Å². The van der Waals surface area contributed by atoms with Crippen LogP contribution < -0.4 is 0 Å². The van der Waals surface area contributed by atoms with Crippen LogP contribution in [-0.4, -0.2) is 36.6 Å². The third-order valence-corrected chi connectivity index (χ3v) is 4.17. The minimum absolute atomic E-state index is 0.0236. The zero-order chi connectivity index (χ0) is 13.8. The first-order valence-corrected chi connectivity index (χ1v) is 7.75. The van der Waals surface area contributed by atoms with E-state index in [9.17, 15) is 4.79 Å². The molecule has 0 saturated carbocycles. The van der Waals surface area contributed by atoms with Gasteiger partial charge in [-0.05, 0) is 38.0 Å². The van der Waals surface area contributed by atoms with Gasteiger partial charge in [0.25, 0.3) is 5.91 Å². The summed E-state index contributed by atoms with van der Waals surface area (Å²) in [5.74, 6) is 0.0236. The monoisotopic (exact) mass is 343 g/mol. The molecule has 1 aliphatic rings. The van der Waals surface area contributed by atoms with Crippen LogP contribution in [0.15, 0.2) is 27.6 Å². The van der Waals surface area contributed by atoms with Crippen LogP contribution in [-0.2, 0) is 4.74 Å². The summed E-state index contributed by atoms with van der Waals surface area (Å²) in [6.07, 6.45) is 2.31. The van der Waals surface area contributed by atoms with Crippen LogP contribution >= 0.6 is 28.6 Å². The maximum Gasteiger partial charge on any atom is 0.255 e. The van der Waals surface area contributed by atoms with E-state index in [1.54, 1.807) is 0 Å². The summed E-state index contributed by atoms with van der Waals surface area (Å²) in [5, 5.41) is 0. The van der Waals surface area contributed by atoms with Crippen LogP contribution in [0.3, 0.4) is 0 Å². The fourth-order valence-electron chi connectivity index (χ4n) is 2.25. The molecule has 1 aromatic carbocycles. The summed E-state index contributed by atoms with van der Waals surface area (Å²) in [7, 11) is 0. The van der Waals surface area contributed by atoms with E-state index in [0.29, 0.717) is 23.5 Å². The minimum Gasteiger partial charge on any atom is -0.376 e. The maximum absolute atomic E-state index is 12.5. The number of carbonyl (C=O) groups excluding carboxylic acids is 1. The van der Waals surface area contributed by atoms with Crippen LogP contribution in [0.25, 0.3) is 0 Å². The first-order valence-electron chi connectivity index (χ1n) is 6.51. The van der Waals surface area contributed by atoms with Gasteiger partial charge in [0.1, 0.15) is 0 Å². The lowest BCUT2D eigenvalue weighted by atomic mass is 10.1. The average Bonchev–Trinajstić information content (AvgIpc) is 2.88. The number of benzene rings is 1. The molecule has 0 aromatic heterocycles. The van der Waals surface area contributed by atoms with Crippen molar-refractivity contribution in [2.75, 3.05) is 19.7 Å². The van der Waals surface area contributed by atoms with Gasteiger partial charge < -0.3 is 9.64 Å². The predicted octanol–water partition coefficient (Wildman–Crippen LogP) is 3.38. The van der Waals surface area contributed by atoms with Gasteiger partial charge in [-0.15, -0.1) is 12.6 Å². The van der Waals surface area contributed by atoms with Gasteiger partial charge in [0, 0.05) is 29.1 Å². The number of hydrogen-bond acceptors (Lipinski definition) is 3. The molecule has 0 bridgehead atoms. The molecule has 1 aliphatic heterocycles. The number of hydrogen-bond donors (Lipinski definition) is 1. The quantitative estimate of drug-likeness (QED) is 0.849. The van der Waals surface area contributed by atoms with E-state index in [1.807, 2.05) is 30.0 Å². The second-order valence-corrected chi connectivity index (χ2v) is 6.04. The van der Waals surface area contributed by atoms with Gasteiger partial charge in [0.2, 0.25) is 0 Å². The topological polar surface area (TPSA) is 29.5 Å². The Labute approximate surface area is 127 Å². The van der Waals surface area contributed by atoms with Crippen molar-refractivity contribution >= 4 is 34.5 Å². The summed E-state index contributed by atoms with van der Waals surface area (Å²) in [6, 6.07) is 5.52. The smallest absolute Gasteiger partial charge is 0.255 e. The number of likely N-dealkylation sites (N-methyl/N-ethyl adjacent to an activating group) is 1. The lowest BCUT2D eigenvalue weighted by Crippen LogP contribution is -2.37. The predicted molar refractivity (Wildman–Crippen MR) is 81.9 cm³/mol. The number of thiol groups is 1. The first-order chi connectivity index (χ1) is 9.11. The Bertz CT molecular complexity index is 461. The minimum atomic E-state index is 0.0236. The zero-order valence-electron chi connectivity index (χ0n) is 10.9. The fraction of sp³-hybridized carbons (Fsp3) is 0.500. The Morgan fingerprint density at radius 2 is 2.37 bits per heavy atom. The van der Waals surface area contributed by atoms with E-state index >= 15 is 0 Å². The van der Waals surface area contributed by atoms with Gasteiger partial charge in [0.15, 0.2) is 0 Å². The standard InChI is InChI=1S/C14H18BrNO2S/c1-2-16(9-11-4-3-7-18-11)14(17)12-6-5-10(15)8-13(12)19/h5-6,8,11,19H,2-4,7,9H2,1H3. The van der Waals surface area contributed by atoms with Crippen molar-refractivity contribution in [3.8, 4) is 0 Å². The van der Waals surface area contributed by atoms with Crippen molar-refractivity contribution < 1.29 is 9.53 Å². The molecule has 0 spiro atoms. The number of amides is 1. The van der Waals surface area contributed by atoms with Gasteiger partial charge >= 0.3 is 0 Å². The third-order valence-electron chi connectivity index (χ3n) is 3.31. The molecule has 0 N–H and O–H groups in total. The van der Waals surface area contributed by atoms with Crippen molar-refractivity contribution in [1.82, 2.24) is 4.90 Å². The molecular weight excluding hydrogens is 326 g/mol. The molecule has 0 aliphatic carbocycles. The highest BCUT2D eigenvalue weighted by atomic mass is 79.9. The highest BCUT2D eigenvalue weighted by Gasteiger charge is 2.23. The third kappa shape index (κ3) is 3.74. The van der Waals surface area contributed by atoms with E-state index in [4.69, 9.17) is 4.74 Å². The lowest BCUT2D eigenvalue weighted by Gasteiger charge is -2.24. The molecule has 1 atom stereocenters. The van der Waals surface area contributed by atoms with Gasteiger partial charge in [-0.25, -0.2) is 0 Å². The molecule has 1 saturated heterocycles. The summed E-state index contributed by atoms with van der Waals surface area (Å²) in [6.45, 7) is 4.15. The van der Waals surface area contributed by atoms with Crippen molar-refractivity contribution in [2.45, 2.75) is 30.8 Å². The number of nitrogens with zero attached hydrogens (tertiary/aromatic N) is 1. The summed E-state index contributed by atoms with van der Waals surface area (Å²) in [4.78, 5) is 15.0. The van der Waals surface area contributed by atoms with Crippen LogP contribution in [0, 0.1) is 0 Å². The summed E-state index contributed by atoms with van der Waals surface area (Å²) < 4.78 is 6.53. The molecular formula is C14H18BrNO2S. The first kappa shape index (κ1) is 14.9. The molecule has 1 unspecified atom stereocenters. The Morgan fingerprint density at radius 3 is 2.95 bits per heavy atom. The van der Waals surface area contributed by atoms with Crippen LogP contribution in [0.4, 0.5) is 0 Å². The molecule has 19 heavy (non-hydrogen) atoms. The van der Waals surface area contributed by atoms with Crippen molar-refractivity contribution in [2.24, 2.45) is 0 Å². The van der Waals surface area contributed by atoms with E-state index < -0.39 is 0 Å². The molecule has 1 amide bonds. The summed E-state index contributed by atoms with van der Waals surface area (Å²) >= 11 is 7.76. The van der Waals surface area contributed by atoms with Crippen molar-refractivity contribution in [3.63, 3.8) is 0 Å². The molecule has 3 nitrogen and oxygen atoms in total. The van der Waals surface area contributed by atoms with Crippen LogP contribution in [0.5, 0.6) is 0 Å². The molecule has 1 fully saturated rings. The van der Waals surface area contributed by atoms with E-state index in [1.165, 1.54) is 0 Å². The number of halogens is 1. The van der Waals surface area contributed by atoms with Gasteiger partial charge in [-0.3, -0.25) is 4.79 Å². The molecule has 1 heterocycles. The maximum atomic E-state index is 12.5. The molecule has 104 valence electrons. The van der Waals surface area contributed by atoms with Crippen molar-refractivity contribution in [1.29, 1.82) is 0 Å². The van der Waals surface area contributed by atoms with E-state index in [-0.39, 0.29) is 12.0 Å². The Kier molecular flexibility index (Phi) is 5.30. The van der Waals surface area contributed by atoms with Crippen molar-refractivity contribution in [3.05, 3.63) is 28.2 Å². The lowest BCUT2D eigenvalue weighted by molar-refractivity contribution is 0.0536. The Hall–Kier alpha value is -0.520. The second kappa shape index (κ2) is 6.77.